The maximum Gasteiger partial charge on any atom is 0.0673 e. The van der Waals surface area contributed by atoms with E-state index >= 15 is 0 Å². The van der Waals surface area contributed by atoms with Crippen molar-refractivity contribution in [3.05, 3.63) is 77.9 Å². The van der Waals surface area contributed by atoms with Gasteiger partial charge in [0.2, 0.25) is 0 Å². The summed E-state index contributed by atoms with van der Waals surface area (Å²) >= 11 is 0. The number of nitrogens with zero attached hydrogens (tertiary/aromatic N) is 1. The molecule has 2 rings (SSSR count). The highest BCUT2D eigenvalue weighted by Crippen LogP contribution is 2.19. The lowest BCUT2D eigenvalue weighted by molar-refractivity contribution is 0.501. The summed E-state index contributed by atoms with van der Waals surface area (Å²) in [5.41, 5.74) is 4.18. The largest absolute Gasteiger partial charge is 0.380 e. The second kappa shape index (κ2) is 7.69. The summed E-state index contributed by atoms with van der Waals surface area (Å²) in [7, 11) is 0. The quantitative estimate of drug-likeness (QED) is 0.712. The fourth-order valence-electron chi connectivity index (χ4n) is 2.50. The van der Waals surface area contributed by atoms with Crippen molar-refractivity contribution in [1.29, 1.82) is 0 Å². The van der Waals surface area contributed by atoms with Crippen molar-refractivity contribution in [3.8, 4) is 0 Å². The Bertz CT molecular complexity index is 727. The molecule has 0 aliphatic carbocycles. The molecule has 2 aromatic carbocycles. The molecule has 0 aromatic heterocycles. The SMILES string of the molecule is CC(C)(C)N=C(/C=C(\NC(C)(C)C)c1ccccc1)c1ccccc1. The molecule has 0 radical (unpaired) electrons. The van der Waals surface area contributed by atoms with Gasteiger partial charge in [0.25, 0.3) is 0 Å². The van der Waals surface area contributed by atoms with E-state index in [1.165, 1.54) is 0 Å². The van der Waals surface area contributed by atoms with Crippen LogP contribution >= 0.6 is 0 Å². The minimum absolute atomic E-state index is 0.0365. The normalized spacial score (nSPS) is 13.7. The lowest BCUT2D eigenvalue weighted by atomic mass is 10.0. The molecule has 2 aromatic rings. The maximum atomic E-state index is 4.97. The smallest absolute Gasteiger partial charge is 0.0673 e. The Morgan fingerprint density at radius 3 is 1.68 bits per heavy atom. The van der Waals surface area contributed by atoms with Gasteiger partial charge >= 0.3 is 0 Å². The Hall–Kier alpha value is -2.35. The second-order valence-corrected chi connectivity index (χ2v) is 8.33. The molecular weight excluding hydrogens is 304 g/mol. The third-order valence-electron chi connectivity index (χ3n) is 3.40. The highest BCUT2D eigenvalue weighted by Gasteiger charge is 2.15. The monoisotopic (exact) mass is 334 g/mol. The van der Waals surface area contributed by atoms with Gasteiger partial charge in [-0.05, 0) is 58.7 Å². The summed E-state index contributed by atoms with van der Waals surface area (Å²) < 4.78 is 0. The van der Waals surface area contributed by atoms with E-state index in [1.807, 2.05) is 12.1 Å². The number of allylic oxidation sites excluding steroid dienone is 1. The van der Waals surface area contributed by atoms with E-state index in [0.717, 1.165) is 22.5 Å². The first-order valence-corrected chi connectivity index (χ1v) is 8.85. The highest BCUT2D eigenvalue weighted by molar-refractivity contribution is 6.12. The van der Waals surface area contributed by atoms with Crippen LogP contribution in [0.15, 0.2) is 71.7 Å². The van der Waals surface area contributed by atoms with Crippen LogP contribution in [0.4, 0.5) is 0 Å². The Balaban J connectivity index is 2.57. The van der Waals surface area contributed by atoms with Gasteiger partial charge in [0.05, 0.1) is 11.3 Å². The predicted molar refractivity (Wildman–Crippen MR) is 110 cm³/mol. The number of nitrogens with one attached hydrogen (secondary N) is 1. The van der Waals surface area contributed by atoms with Crippen LogP contribution in [0.25, 0.3) is 5.70 Å². The number of hydrogen-bond acceptors (Lipinski definition) is 2. The van der Waals surface area contributed by atoms with Crippen LogP contribution < -0.4 is 5.32 Å². The summed E-state index contributed by atoms with van der Waals surface area (Å²) in [6, 6.07) is 20.8. The predicted octanol–water partition coefficient (Wildman–Crippen LogP) is 5.70. The van der Waals surface area contributed by atoms with E-state index in [9.17, 15) is 0 Å². The van der Waals surface area contributed by atoms with Gasteiger partial charge in [0.15, 0.2) is 0 Å². The van der Waals surface area contributed by atoms with Crippen LogP contribution in [0, 0.1) is 0 Å². The first-order chi connectivity index (χ1) is 11.6. The van der Waals surface area contributed by atoms with Crippen molar-refractivity contribution in [2.75, 3.05) is 0 Å². The molecule has 0 aliphatic rings. The topological polar surface area (TPSA) is 24.4 Å². The Kier molecular flexibility index (Phi) is 5.84. The molecule has 1 N–H and O–H groups in total. The van der Waals surface area contributed by atoms with Crippen LogP contribution in [0.3, 0.4) is 0 Å². The van der Waals surface area contributed by atoms with Crippen molar-refractivity contribution in [2.45, 2.75) is 52.6 Å². The van der Waals surface area contributed by atoms with Crippen molar-refractivity contribution in [2.24, 2.45) is 4.99 Å². The minimum Gasteiger partial charge on any atom is -0.380 e. The molecule has 0 unspecified atom stereocenters. The van der Waals surface area contributed by atoms with Gasteiger partial charge in [-0.1, -0.05) is 60.7 Å². The van der Waals surface area contributed by atoms with Gasteiger partial charge in [0, 0.05) is 11.2 Å². The van der Waals surface area contributed by atoms with Crippen LogP contribution in [0.2, 0.25) is 0 Å². The van der Waals surface area contributed by atoms with Gasteiger partial charge in [-0.2, -0.15) is 0 Å². The standard InChI is InChI=1S/C23H30N2/c1-22(2,3)24-20(18-13-9-7-10-14-18)17-21(25-23(4,5)6)19-15-11-8-12-16-19/h7-17,24H,1-6H3/b20-17-,25-21?. The van der Waals surface area contributed by atoms with Gasteiger partial charge in [-0.3, -0.25) is 4.99 Å². The Morgan fingerprint density at radius 2 is 1.24 bits per heavy atom. The average molecular weight is 335 g/mol. The molecule has 0 heterocycles. The van der Waals surface area contributed by atoms with Crippen LogP contribution in [-0.2, 0) is 0 Å². The van der Waals surface area contributed by atoms with Crippen molar-refractivity contribution < 1.29 is 0 Å². The summed E-state index contributed by atoms with van der Waals surface area (Å²) in [6.45, 7) is 12.9. The van der Waals surface area contributed by atoms with Gasteiger partial charge in [-0.15, -0.1) is 0 Å². The number of aliphatic imine (C=N–C) groups is 1. The third kappa shape index (κ3) is 6.58. The number of hydrogen-bond donors (Lipinski definition) is 1. The molecule has 0 atom stereocenters. The minimum atomic E-state index is -0.148. The van der Waals surface area contributed by atoms with Crippen LogP contribution in [0.1, 0.15) is 52.7 Å². The zero-order valence-corrected chi connectivity index (χ0v) is 16.3. The molecule has 0 fully saturated rings. The fourth-order valence-corrected chi connectivity index (χ4v) is 2.50. The second-order valence-electron chi connectivity index (χ2n) is 8.33. The fraction of sp³-hybridized carbons (Fsp3) is 0.348. The number of rotatable bonds is 4. The van der Waals surface area contributed by atoms with E-state index in [4.69, 9.17) is 4.99 Å². The van der Waals surface area contributed by atoms with E-state index in [0.29, 0.717) is 0 Å². The molecule has 0 aliphatic heterocycles. The van der Waals surface area contributed by atoms with Gasteiger partial charge < -0.3 is 5.32 Å². The molecule has 0 bridgehead atoms. The van der Waals surface area contributed by atoms with Crippen LogP contribution in [0.5, 0.6) is 0 Å². The summed E-state index contributed by atoms with van der Waals surface area (Å²) in [6.07, 6.45) is 2.17. The van der Waals surface area contributed by atoms with Gasteiger partial charge in [0.1, 0.15) is 0 Å². The first kappa shape index (κ1) is 19.0. The molecule has 2 heteroatoms. The Morgan fingerprint density at radius 1 is 0.760 bits per heavy atom. The van der Waals surface area contributed by atoms with Gasteiger partial charge in [-0.25, -0.2) is 0 Å². The lowest BCUT2D eigenvalue weighted by Crippen LogP contribution is -2.34. The zero-order chi connectivity index (χ0) is 18.5. The molecule has 132 valence electrons. The third-order valence-corrected chi connectivity index (χ3v) is 3.40. The molecule has 0 saturated heterocycles. The summed E-state index contributed by atoms with van der Waals surface area (Å²) in [4.78, 5) is 4.97. The summed E-state index contributed by atoms with van der Waals surface area (Å²) in [5.74, 6) is 0. The number of benzene rings is 2. The van der Waals surface area contributed by atoms with E-state index in [-0.39, 0.29) is 11.1 Å². The molecule has 25 heavy (non-hydrogen) atoms. The molecular formula is C23H30N2. The molecule has 0 amide bonds. The highest BCUT2D eigenvalue weighted by atomic mass is 15.0. The molecule has 0 saturated carbocycles. The maximum absolute atomic E-state index is 4.97. The Labute approximate surface area is 152 Å². The lowest BCUT2D eigenvalue weighted by Gasteiger charge is -2.25. The molecule has 0 spiro atoms. The van der Waals surface area contributed by atoms with Crippen LogP contribution in [-0.4, -0.2) is 16.8 Å². The summed E-state index contributed by atoms with van der Waals surface area (Å²) in [5, 5.41) is 3.64. The van der Waals surface area contributed by atoms with Crippen molar-refractivity contribution >= 4 is 11.4 Å². The van der Waals surface area contributed by atoms with Crippen molar-refractivity contribution in [3.63, 3.8) is 0 Å². The molecule has 2 nitrogen and oxygen atoms in total. The first-order valence-electron chi connectivity index (χ1n) is 8.85. The van der Waals surface area contributed by atoms with E-state index < -0.39 is 0 Å². The van der Waals surface area contributed by atoms with E-state index in [2.05, 4.69) is 101 Å². The zero-order valence-electron chi connectivity index (χ0n) is 16.3. The average Bonchev–Trinajstić information content (AvgIpc) is 2.53. The van der Waals surface area contributed by atoms with E-state index in [1.54, 1.807) is 0 Å². The van der Waals surface area contributed by atoms with Crippen molar-refractivity contribution in [1.82, 2.24) is 5.32 Å².